The van der Waals surface area contributed by atoms with Crippen molar-refractivity contribution in [2.24, 2.45) is 16.1 Å². The van der Waals surface area contributed by atoms with Crippen molar-refractivity contribution in [1.29, 1.82) is 0 Å². The number of aliphatic hydroxyl groups excluding tert-OH is 1. The zero-order valence-corrected chi connectivity index (χ0v) is 21.5. The lowest BCUT2D eigenvalue weighted by Crippen LogP contribution is -2.35. The number of rotatable bonds is 8. The summed E-state index contributed by atoms with van der Waals surface area (Å²) in [5.74, 6) is 0.462. The van der Waals surface area contributed by atoms with Crippen LogP contribution in [0.5, 0.6) is 0 Å². The van der Waals surface area contributed by atoms with Crippen molar-refractivity contribution in [3.05, 3.63) is 53.6 Å². The molecule has 0 bridgehead atoms. The van der Waals surface area contributed by atoms with Gasteiger partial charge in [-0.25, -0.2) is 0 Å². The van der Waals surface area contributed by atoms with Gasteiger partial charge in [-0.2, -0.15) is 5.10 Å². The molecule has 12 nitrogen and oxygen atoms in total. The number of carbonyl (C=O) groups is 1. The Morgan fingerprint density at radius 2 is 1.89 bits per heavy atom. The maximum Gasteiger partial charge on any atom is 0.232 e. The van der Waals surface area contributed by atoms with Gasteiger partial charge in [-0.05, 0) is 25.2 Å². The smallest absolute Gasteiger partial charge is 0.232 e. The van der Waals surface area contributed by atoms with E-state index in [1.54, 1.807) is 37.2 Å². The quantitative estimate of drug-likeness (QED) is 0.362. The number of aromatic nitrogens is 6. The van der Waals surface area contributed by atoms with Gasteiger partial charge in [0.2, 0.25) is 11.0 Å². The summed E-state index contributed by atoms with van der Waals surface area (Å²) in [6.07, 6.45) is 15.2. The minimum absolute atomic E-state index is 0.117. The van der Waals surface area contributed by atoms with Crippen LogP contribution in [0.3, 0.4) is 0 Å². The Kier molecular flexibility index (Phi) is 8.38. The zero-order valence-electron chi connectivity index (χ0n) is 19.8. The van der Waals surface area contributed by atoms with Gasteiger partial charge in [-0.3, -0.25) is 24.7 Å². The van der Waals surface area contributed by atoms with Crippen LogP contribution < -0.4 is 10.6 Å². The number of hydrogen-bond acceptors (Lipinski definition) is 13. The first-order chi connectivity index (χ1) is 18.1. The number of carbonyl (C=O) groups excluding carboxylic acids is 1. The average molecular weight is 539 g/mol. The molecule has 1 aliphatic heterocycles. The monoisotopic (exact) mass is 538 g/mol. The molecule has 5 rings (SSSR count). The predicted molar refractivity (Wildman–Crippen MR) is 141 cm³/mol. The van der Waals surface area contributed by atoms with E-state index in [4.69, 9.17) is 0 Å². The predicted octanol–water partition coefficient (Wildman–Crippen LogP) is 2.18. The molecule has 2 aliphatic rings. The van der Waals surface area contributed by atoms with Crippen LogP contribution in [0.15, 0.2) is 47.4 Å². The van der Waals surface area contributed by atoms with Crippen LogP contribution >= 0.6 is 23.1 Å². The molecule has 37 heavy (non-hydrogen) atoms. The van der Waals surface area contributed by atoms with Crippen LogP contribution in [-0.2, 0) is 17.6 Å². The normalized spacial score (nSPS) is 22.2. The average Bonchev–Trinajstić information content (AvgIpc) is 3.38. The number of amides is 1. The molecule has 1 fully saturated rings. The van der Waals surface area contributed by atoms with Gasteiger partial charge in [0.05, 0.1) is 23.1 Å². The highest BCUT2D eigenvalue weighted by molar-refractivity contribution is 8.15. The second kappa shape index (κ2) is 12.3. The Morgan fingerprint density at radius 1 is 1.08 bits per heavy atom. The third kappa shape index (κ3) is 7.11. The summed E-state index contributed by atoms with van der Waals surface area (Å²) in [5, 5.41) is 35.3. The molecule has 0 aromatic carbocycles. The summed E-state index contributed by atoms with van der Waals surface area (Å²) >= 11 is 3.01. The van der Waals surface area contributed by atoms with Crippen molar-refractivity contribution in [2.45, 2.75) is 55.9 Å². The first-order valence-corrected chi connectivity index (χ1v) is 13.7. The largest absolute Gasteiger partial charge is 0.373 e. The summed E-state index contributed by atoms with van der Waals surface area (Å²) in [4.78, 5) is 28.8. The Balaban J connectivity index is 1.13. The molecular formula is C23H26N10O2S2. The van der Waals surface area contributed by atoms with Crippen molar-refractivity contribution in [2.75, 3.05) is 5.32 Å². The lowest BCUT2D eigenvalue weighted by molar-refractivity contribution is -0.119. The fourth-order valence-electron chi connectivity index (χ4n) is 4.39. The van der Waals surface area contributed by atoms with Crippen molar-refractivity contribution in [3.63, 3.8) is 0 Å². The highest BCUT2D eigenvalue weighted by atomic mass is 32.2. The van der Waals surface area contributed by atoms with Gasteiger partial charge in [0, 0.05) is 55.7 Å². The van der Waals surface area contributed by atoms with Gasteiger partial charge in [0.1, 0.15) is 11.2 Å². The third-order valence-electron chi connectivity index (χ3n) is 6.09. The van der Waals surface area contributed by atoms with Crippen LogP contribution in [0.2, 0.25) is 0 Å². The molecule has 0 spiro atoms. The Hall–Kier alpha value is -3.36. The molecule has 3 aromatic heterocycles. The molecule has 192 valence electrons. The standard InChI is InChI=1S/C23H26N10O2S2/c34-19(9-16-11-24-4-6-26-16)29-22-32-28-13-18(36-22)14-2-1-3-15(8-14)21-31-33-23(37-21)30-20(35)10-17-12-25-5-7-27-17/h4-7,11-15,18,20,35H,1-3,8-10H2,(H,30,33)(H,29,32,34). The minimum Gasteiger partial charge on any atom is -0.373 e. The van der Waals surface area contributed by atoms with E-state index in [2.05, 4.69) is 51.0 Å². The lowest BCUT2D eigenvalue weighted by Gasteiger charge is -2.32. The number of thioether (sulfide) groups is 1. The Morgan fingerprint density at radius 3 is 2.68 bits per heavy atom. The van der Waals surface area contributed by atoms with Gasteiger partial charge in [-0.1, -0.05) is 29.5 Å². The van der Waals surface area contributed by atoms with E-state index in [1.165, 1.54) is 23.1 Å². The van der Waals surface area contributed by atoms with E-state index in [0.29, 0.717) is 34.0 Å². The maximum atomic E-state index is 12.4. The highest BCUT2D eigenvalue weighted by Gasteiger charge is 2.33. The van der Waals surface area contributed by atoms with Gasteiger partial charge >= 0.3 is 0 Å². The summed E-state index contributed by atoms with van der Waals surface area (Å²) < 4.78 is 0. The molecule has 3 N–H and O–H groups in total. The summed E-state index contributed by atoms with van der Waals surface area (Å²) in [6.45, 7) is 0. The number of hydrogen-bond donors (Lipinski definition) is 3. The van der Waals surface area contributed by atoms with Crippen LogP contribution in [0.1, 0.15) is 48.0 Å². The topological polar surface area (TPSA) is 163 Å². The fraction of sp³-hybridized carbons (Fsp3) is 0.435. The minimum atomic E-state index is -0.826. The number of nitrogens with zero attached hydrogens (tertiary/aromatic N) is 8. The lowest BCUT2D eigenvalue weighted by atomic mass is 9.80. The van der Waals surface area contributed by atoms with E-state index in [0.717, 1.165) is 30.7 Å². The van der Waals surface area contributed by atoms with Crippen LogP contribution in [0, 0.1) is 5.92 Å². The van der Waals surface area contributed by atoms with Gasteiger partial charge in [0.15, 0.2) is 5.17 Å². The summed E-state index contributed by atoms with van der Waals surface area (Å²) in [6, 6.07) is 0. The molecule has 1 aliphatic carbocycles. The number of aliphatic hydroxyl groups is 1. The van der Waals surface area contributed by atoms with Gasteiger partial charge in [-0.15, -0.1) is 15.3 Å². The summed E-state index contributed by atoms with van der Waals surface area (Å²) in [7, 11) is 0. The molecule has 14 heteroatoms. The van der Waals surface area contributed by atoms with Crippen LogP contribution in [0.4, 0.5) is 5.13 Å². The van der Waals surface area contributed by atoms with E-state index < -0.39 is 6.23 Å². The Labute approximate surface area is 221 Å². The molecular weight excluding hydrogens is 512 g/mol. The molecule has 4 heterocycles. The molecule has 1 amide bonds. The van der Waals surface area contributed by atoms with E-state index in [9.17, 15) is 9.90 Å². The summed E-state index contributed by atoms with van der Waals surface area (Å²) in [5.41, 5.74) is 1.30. The molecule has 1 saturated carbocycles. The molecule has 0 saturated heterocycles. The van der Waals surface area contributed by atoms with Gasteiger partial charge in [0.25, 0.3) is 0 Å². The highest BCUT2D eigenvalue weighted by Crippen LogP contribution is 2.42. The van der Waals surface area contributed by atoms with Gasteiger partial charge < -0.3 is 15.7 Å². The number of nitrogens with one attached hydrogen (secondary N) is 2. The second-order valence-corrected chi connectivity index (χ2v) is 11.0. The van der Waals surface area contributed by atoms with E-state index >= 15 is 0 Å². The second-order valence-electron chi connectivity index (χ2n) is 8.80. The first kappa shape index (κ1) is 25.3. The van der Waals surface area contributed by atoms with Crippen LogP contribution in [0.25, 0.3) is 0 Å². The van der Waals surface area contributed by atoms with Crippen LogP contribution in [-0.4, -0.2) is 64.0 Å². The SMILES string of the molecule is O=C(Cc1cnccn1)NC1=NN=CC(C2CCCC(c3nnc(NC(O)Cc4cnccn4)s3)C2)S1. The molecule has 4 unspecified atom stereocenters. The van der Waals surface area contributed by atoms with Crippen molar-refractivity contribution < 1.29 is 9.90 Å². The zero-order chi connectivity index (χ0) is 25.5. The number of anilines is 1. The van der Waals surface area contributed by atoms with Crippen molar-refractivity contribution in [1.82, 2.24) is 35.5 Å². The first-order valence-electron chi connectivity index (χ1n) is 12.0. The molecule has 3 aromatic rings. The van der Waals surface area contributed by atoms with E-state index in [-0.39, 0.29) is 23.5 Å². The van der Waals surface area contributed by atoms with Crippen molar-refractivity contribution >= 4 is 45.5 Å². The Bertz CT molecular complexity index is 1240. The fourth-order valence-corrected chi connectivity index (χ4v) is 6.41. The van der Waals surface area contributed by atoms with E-state index in [1.807, 2.05) is 6.21 Å². The number of amidine groups is 1. The maximum absolute atomic E-state index is 12.4. The third-order valence-corrected chi connectivity index (χ3v) is 8.30. The molecule has 4 atom stereocenters. The molecule has 0 radical (unpaired) electrons. The van der Waals surface area contributed by atoms with Crippen molar-refractivity contribution in [3.8, 4) is 0 Å².